The molecule has 0 bridgehead atoms. The molecule has 1 aliphatic rings. The molecule has 2 aromatic carbocycles. The molecular weight excluding hydrogens is 394 g/mol. The SMILES string of the molecule is CCOc1ccc(NC(=O)N2C[C@@](C)(C(=O)OC)C(c3ccc(Cl)cc3)=N2)cc1. The first kappa shape index (κ1) is 20.7. The van der Waals surface area contributed by atoms with Crippen LogP contribution in [-0.4, -0.2) is 43.0 Å². The van der Waals surface area contributed by atoms with Crippen LogP contribution in [0.3, 0.4) is 0 Å². The summed E-state index contributed by atoms with van der Waals surface area (Å²) in [4.78, 5) is 25.3. The minimum atomic E-state index is -1.10. The predicted octanol–water partition coefficient (Wildman–Crippen LogP) is 4.17. The molecule has 3 rings (SSSR count). The zero-order valence-electron chi connectivity index (χ0n) is 16.4. The van der Waals surface area contributed by atoms with Crippen molar-refractivity contribution >= 4 is 35.0 Å². The van der Waals surface area contributed by atoms with Crippen molar-refractivity contribution < 1.29 is 19.1 Å². The van der Waals surface area contributed by atoms with Crippen molar-refractivity contribution in [2.45, 2.75) is 13.8 Å². The van der Waals surface area contributed by atoms with Gasteiger partial charge in [0.15, 0.2) is 0 Å². The van der Waals surface area contributed by atoms with E-state index in [1.54, 1.807) is 55.5 Å². The summed E-state index contributed by atoms with van der Waals surface area (Å²) in [6, 6.07) is 13.5. The van der Waals surface area contributed by atoms with Crippen LogP contribution in [0.5, 0.6) is 5.75 Å². The van der Waals surface area contributed by atoms with Crippen LogP contribution in [0.25, 0.3) is 0 Å². The average molecular weight is 416 g/mol. The molecule has 1 N–H and O–H groups in total. The zero-order chi connectivity index (χ0) is 21.0. The highest BCUT2D eigenvalue weighted by molar-refractivity contribution is 6.30. The zero-order valence-corrected chi connectivity index (χ0v) is 17.2. The van der Waals surface area contributed by atoms with Gasteiger partial charge in [-0.15, -0.1) is 0 Å². The Hall–Kier alpha value is -3.06. The summed E-state index contributed by atoms with van der Waals surface area (Å²) in [5, 5.41) is 9.00. The molecule has 8 heteroatoms. The Morgan fingerprint density at radius 3 is 2.41 bits per heavy atom. The number of methoxy groups -OCH3 is 1. The number of hydrogen-bond donors (Lipinski definition) is 1. The number of carbonyl (C=O) groups excluding carboxylic acids is 2. The summed E-state index contributed by atoms with van der Waals surface area (Å²) in [6.07, 6.45) is 0. The third-order valence-electron chi connectivity index (χ3n) is 4.61. The molecule has 0 spiro atoms. The molecule has 0 unspecified atom stereocenters. The highest BCUT2D eigenvalue weighted by Gasteiger charge is 2.48. The van der Waals surface area contributed by atoms with Gasteiger partial charge in [-0.3, -0.25) is 4.79 Å². The first-order valence-corrected chi connectivity index (χ1v) is 9.50. The number of rotatable bonds is 5. The van der Waals surface area contributed by atoms with Gasteiger partial charge in [0.1, 0.15) is 11.2 Å². The number of nitrogens with one attached hydrogen (secondary N) is 1. The smallest absolute Gasteiger partial charge is 0.342 e. The molecule has 0 saturated heterocycles. The van der Waals surface area contributed by atoms with Crippen LogP contribution in [-0.2, 0) is 9.53 Å². The number of hydrazone groups is 1. The highest BCUT2D eigenvalue weighted by atomic mass is 35.5. The number of hydrogen-bond acceptors (Lipinski definition) is 5. The lowest BCUT2D eigenvalue weighted by Gasteiger charge is -2.23. The lowest BCUT2D eigenvalue weighted by molar-refractivity contribution is -0.147. The summed E-state index contributed by atoms with van der Waals surface area (Å²) in [6.45, 7) is 4.22. The molecule has 0 aromatic heterocycles. The normalized spacial score (nSPS) is 18.2. The maximum Gasteiger partial charge on any atom is 0.342 e. The van der Waals surface area contributed by atoms with Gasteiger partial charge in [-0.1, -0.05) is 23.7 Å². The first-order chi connectivity index (χ1) is 13.9. The monoisotopic (exact) mass is 415 g/mol. The topological polar surface area (TPSA) is 80.2 Å². The lowest BCUT2D eigenvalue weighted by atomic mass is 9.82. The molecule has 152 valence electrons. The molecule has 0 fully saturated rings. The van der Waals surface area contributed by atoms with Crippen molar-refractivity contribution in [2.75, 3.05) is 25.6 Å². The van der Waals surface area contributed by atoms with Gasteiger partial charge in [0.2, 0.25) is 0 Å². The van der Waals surface area contributed by atoms with E-state index < -0.39 is 17.4 Å². The summed E-state index contributed by atoms with van der Waals surface area (Å²) < 4.78 is 10.4. The van der Waals surface area contributed by atoms with E-state index in [9.17, 15) is 9.59 Å². The summed E-state index contributed by atoms with van der Waals surface area (Å²) in [5.74, 6) is 0.246. The van der Waals surface area contributed by atoms with Gasteiger partial charge in [-0.05, 0) is 55.8 Å². The van der Waals surface area contributed by atoms with Crippen molar-refractivity contribution in [3.05, 3.63) is 59.1 Å². The Balaban J connectivity index is 1.84. The van der Waals surface area contributed by atoms with E-state index in [-0.39, 0.29) is 6.54 Å². The van der Waals surface area contributed by atoms with Crippen LogP contribution in [0.15, 0.2) is 53.6 Å². The summed E-state index contributed by atoms with van der Waals surface area (Å²) >= 11 is 5.96. The van der Waals surface area contributed by atoms with Crippen molar-refractivity contribution in [1.29, 1.82) is 0 Å². The quantitative estimate of drug-likeness (QED) is 0.743. The number of esters is 1. The number of carbonyl (C=O) groups is 2. The minimum absolute atomic E-state index is 0.0560. The predicted molar refractivity (Wildman–Crippen MR) is 111 cm³/mol. The maximum atomic E-state index is 12.8. The lowest BCUT2D eigenvalue weighted by Crippen LogP contribution is -2.42. The maximum absolute atomic E-state index is 12.8. The second kappa shape index (κ2) is 8.53. The molecule has 1 heterocycles. The second-order valence-corrected chi connectivity index (χ2v) is 7.16. The molecule has 29 heavy (non-hydrogen) atoms. The molecule has 0 saturated carbocycles. The van der Waals surface area contributed by atoms with Crippen LogP contribution in [0.4, 0.5) is 10.5 Å². The van der Waals surface area contributed by atoms with Crippen molar-refractivity contribution in [3.8, 4) is 5.75 Å². The number of halogens is 1. The van der Waals surface area contributed by atoms with Gasteiger partial charge >= 0.3 is 12.0 Å². The molecule has 7 nitrogen and oxygen atoms in total. The van der Waals surface area contributed by atoms with Gasteiger partial charge in [-0.2, -0.15) is 5.10 Å². The Morgan fingerprint density at radius 2 is 1.83 bits per heavy atom. The molecule has 0 radical (unpaired) electrons. The van der Waals surface area contributed by atoms with Crippen LogP contribution < -0.4 is 10.1 Å². The van der Waals surface area contributed by atoms with E-state index >= 15 is 0 Å². The third-order valence-corrected chi connectivity index (χ3v) is 4.87. The number of anilines is 1. The Kier molecular flexibility index (Phi) is 6.08. The number of urea groups is 1. The van der Waals surface area contributed by atoms with Crippen molar-refractivity contribution in [2.24, 2.45) is 10.5 Å². The molecule has 2 amide bonds. The van der Waals surface area contributed by atoms with E-state index in [1.807, 2.05) is 6.92 Å². The van der Waals surface area contributed by atoms with E-state index in [1.165, 1.54) is 12.1 Å². The van der Waals surface area contributed by atoms with Gasteiger partial charge < -0.3 is 14.8 Å². The molecule has 0 aliphatic carbocycles. The van der Waals surface area contributed by atoms with E-state index in [0.717, 1.165) is 0 Å². The third kappa shape index (κ3) is 4.35. The molecular formula is C21H22ClN3O4. The Labute approximate surface area is 174 Å². The number of benzene rings is 2. The van der Waals surface area contributed by atoms with Gasteiger partial charge in [0, 0.05) is 10.7 Å². The fourth-order valence-corrected chi connectivity index (χ4v) is 3.24. The first-order valence-electron chi connectivity index (χ1n) is 9.12. The standard InChI is InChI=1S/C21H22ClN3O4/c1-4-29-17-11-9-16(10-12-17)23-20(27)25-13-21(2,19(26)28-3)18(24-25)14-5-7-15(22)8-6-14/h5-12H,4,13H2,1-3H3,(H,23,27)/t21-/m1/s1. The number of nitrogens with zero attached hydrogens (tertiary/aromatic N) is 2. The highest BCUT2D eigenvalue weighted by Crippen LogP contribution is 2.33. The van der Waals surface area contributed by atoms with Crippen LogP contribution in [0, 0.1) is 5.41 Å². The molecule has 1 aliphatic heterocycles. The second-order valence-electron chi connectivity index (χ2n) is 6.72. The van der Waals surface area contributed by atoms with E-state index in [4.69, 9.17) is 21.1 Å². The Bertz CT molecular complexity index is 928. The van der Waals surface area contributed by atoms with E-state index in [0.29, 0.717) is 34.3 Å². The van der Waals surface area contributed by atoms with Gasteiger partial charge in [0.25, 0.3) is 0 Å². The fraction of sp³-hybridized carbons (Fsp3) is 0.286. The number of ether oxygens (including phenoxy) is 2. The average Bonchev–Trinajstić information content (AvgIpc) is 3.08. The van der Waals surface area contributed by atoms with Crippen LogP contribution in [0.1, 0.15) is 19.4 Å². The fourth-order valence-electron chi connectivity index (χ4n) is 3.12. The largest absolute Gasteiger partial charge is 0.494 e. The Morgan fingerprint density at radius 1 is 1.17 bits per heavy atom. The molecule has 2 aromatic rings. The molecule has 1 atom stereocenters. The summed E-state index contributed by atoms with van der Waals surface area (Å²) in [5.41, 5.74) is 0.633. The van der Waals surface area contributed by atoms with E-state index in [2.05, 4.69) is 10.4 Å². The van der Waals surface area contributed by atoms with Crippen molar-refractivity contribution in [3.63, 3.8) is 0 Å². The van der Waals surface area contributed by atoms with Gasteiger partial charge in [-0.25, -0.2) is 9.80 Å². The van der Waals surface area contributed by atoms with Gasteiger partial charge in [0.05, 0.1) is 26.0 Å². The minimum Gasteiger partial charge on any atom is -0.494 e. The van der Waals surface area contributed by atoms with Crippen molar-refractivity contribution in [1.82, 2.24) is 5.01 Å². The number of amides is 2. The van der Waals surface area contributed by atoms with Crippen LogP contribution >= 0.6 is 11.6 Å². The van der Waals surface area contributed by atoms with Crippen LogP contribution in [0.2, 0.25) is 5.02 Å². The summed E-state index contributed by atoms with van der Waals surface area (Å²) in [7, 11) is 1.32.